The van der Waals surface area contributed by atoms with Crippen LogP contribution >= 0.6 is 0 Å². The van der Waals surface area contributed by atoms with E-state index >= 15 is 0 Å². The van der Waals surface area contributed by atoms with Crippen molar-refractivity contribution in [2.75, 3.05) is 19.6 Å². The van der Waals surface area contributed by atoms with Crippen LogP contribution in [0.25, 0.3) is 0 Å². The van der Waals surface area contributed by atoms with Gasteiger partial charge >= 0.3 is 0 Å². The Hall–Kier alpha value is -0.0800. The number of hydrogen-bond acceptors (Lipinski definition) is 2. The lowest BCUT2D eigenvalue weighted by atomic mass is 9.93. The average Bonchev–Trinajstić information content (AvgIpc) is 2.29. The number of piperazine rings is 1. The van der Waals surface area contributed by atoms with Crippen LogP contribution in [0, 0.1) is 5.92 Å². The first-order valence-corrected chi connectivity index (χ1v) is 7.46. The minimum Gasteiger partial charge on any atom is -0.309 e. The van der Waals surface area contributed by atoms with E-state index in [4.69, 9.17) is 0 Å². The quantitative estimate of drug-likeness (QED) is 0.717. The lowest BCUT2D eigenvalue weighted by Gasteiger charge is -2.45. The number of rotatable bonds is 6. The van der Waals surface area contributed by atoms with Crippen LogP contribution in [0.15, 0.2) is 0 Å². The van der Waals surface area contributed by atoms with Crippen molar-refractivity contribution >= 4 is 0 Å². The molecule has 102 valence electrons. The topological polar surface area (TPSA) is 15.3 Å². The van der Waals surface area contributed by atoms with E-state index in [0.717, 1.165) is 12.5 Å². The molecule has 0 spiro atoms. The summed E-state index contributed by atoms with van der Waals surface area (Å²) in [6.07, 6.45) is 5.35. The Labute approximate surface area is 108 Å². The van der Waals surface area contributed by atoms with Crippen molar-refractivity contribution in [2.24, 2.45) is 5.92 Å². The molecule has 1 rings (SSSR count). The van der Waals surface area contributed by atoms with Gasteiger partial charge in [-0.2, -0.15) is 0 Å². The van der Waals surface area contributed by atoms with Gasteiger partial charge in [0.2, 0.25) is 0 Å². The van der Waals surface area contributed by atoms with Gasteiger partial charge in [-0.1, -0.05) is 33.6 Å². The largest absolute Gasteiger partial charge is 0.309 e. The molecule has 1 aliphatic heterocycles. The predicted molar refractivity (Wildman–Crippen MR) is 76.4 cm³/mol. The van der Waals surface area contributed by atoms with Crippen molar-refractivity contribution in [2.45, 2.75) is 71.9 Å². The Morgan fingerprint density at radius 3 is 2.65 bits per heavy atom. The summed E-state index contributed by atoms with van der Waals surface area (Å²) < 4.78 is 0. The molecule has 0 aromatic rings. The fourth-order valence-corrected chi connectivity index (χ4v) is 2.59. The molecule has 1 fully saturated rings. The van der Waals surface area contributed by atoms with Crippen LogP contribution in [-0.2, 0) is 0 Å². The van der Waals surface area contributed by atoms with Gasteiger partial charge in [-0.3, -0.25) is 4.90 Å². The van der Waals surface area contributed by atoms with Crippen LogP contribution in [0.3, 0.4) is 0 Å². The molecular formula is C15H32N2. The van der Waals surface area contributed by atoms with Crippen LogP contribution in [0.1, 0.15) is 60.3 Å². The summed E-state index contributed by atoms with van der Waals surface area (Å²) in [4.78, 5) is 2.68. The van der Waals surface area contributed by atoms with Gasteiger partial charge in [0.15, 0.2) is 0 Å². The molecule has 0 aliphatic carbocycles. The fourth-order valence-electron chi connectivity index (χ4n) is 2.59. The third-order valence-electron chi connectivity index (χ3n) is 4.26. The minimum atomic E-state index is 0.338. The van der Waals surface area contributed by atoms with E-state index < -0.39 is 0 Å². The SMILES string of the molecule is CCC1(C)CN(CCCCC(C)C)C(C)CN1. The van der Waals surface area contributed by atoms with Gasteiger partial charge in [-0.05, 0) is 39.2 Å². The Bertz CT molecular complexity index is 215. The second-order valence-electron chi connectivity index (χ2n) is 6.50. The van der Waals surface area contributed by atoms with Crippen LogP contribution in [0.5, 0.6) is 0 Å². The number of nitrogens with zero attached hydrogens (tertiary/aromatic N) is 1. The molecule has 2 nitrogen and oxygen atoms in total. The van der Waals surface area contributed by atoms with Crippen molar-refractivity contribution in [3.8, 4) is 0 Å². The summed E-state index contributed by atoms with van der Waals surface area (Å²) in [5.74, 6) is 0.858. The summed E-state index contributed by atoms with van der Waals surface area (Å²) in [5.41, 5.74) is 0.338. The molecule has 1 saturated heterocycles. The summed E-state index contributed by atoms with van der Waals surface area (Å²) in [5, 5.41) is 3.69. The van der Waals surface area contributed by atoms with Crippen molar-refractivity contribution in [1.82, 2.24) is 10.2 Å². The van der Waals surface area contributed by atoms with E-state index in [1.807, 2.05) is 0 Å². The summed E-state index contributed by atoms with van der Waals surface area (Å²) in [6.45, 7) is 15.3. The summed E-state index contributed by atoms with van der Waals surface area (Å²) >= 11 is 0. The molecule has 17 heavy (non-hydrogen) atoms. The summed E-state index contributed by atoms with van der Waals surface area (Å²) in [6, 6.07) is 0.702. The highest BCUT2D eigenvalue weighted by Gasteiger charge is 2.31. The highest BCUT2D eigenvalue weighted by Crippen LogP contribution is 2.19. The normalized spacial score (nSPS) is 31.1. The van der Waals surface area contributed by atoms with Crippen LogP contribution < -0.4 is 5.32 Å². The van der Waals surface area contributed by atoms with Gasteiger partial charge in [0.05, 0.1) is 0 Å². The van der Waals surface area contributed by atoms with Crippen molar-refractivity contribution in [3.63, 3.8) is 0 Å². The van der Waals surface area contributed by atoms with E-state index in [9.17, 15) is 0 Å². The van der Waals surface area contributed by atoms with Crippen molar-refractivity contribution < 1.29 is 0 Å². The first-order chi connectivity index (χ1) is 7.97. The van der Waals surface area contributed by atoms with Gasteiger partial charge in [0, 0.05) is 24.7 Å². The average molecular weight is 240 g/mol. The van der Waals surface area contributed by atoms with Gasteiger partial charge in [0.25, 0.3) is 0 Å². The van der Waals surface area contributed by atoms with Crippen molar-refractivity contribution in [1.29, 1.82) is 0 Å². The van der Waals surface area contributed by atoms with Gasteiger partial charge in [-0.25, -0.2) is 0 Å². The maximum absolute atomic E-state index is 3.69. The second-order valence-corrected chi connectivity index (χ2v) is 6.50. The highest BCUT2D eigenvalue weighted by atomic mass is 15.2. The molecule has 0 saturated carbocycles. The van der Waals surface area contributed by atoms with E-state index in [2.05, 4.69) is 44.8 Å². The molecule has 1 aliphatic rings. The smallest absolute Gasteiger partial charge is 0.0278 e. The first kappa shape index (κ1) is 15.0. The molecule has 1 N–H and O–H groups in total. The summed E-state index contributed by atoms with van der Waals surface area (Å²) in [7, 11) is 0. The Kier molecular flexibility index (Phi) is 5.94. The van der Waals surface area contributed by atoms with E-state index in [-0.39, 0.29) is 0 Å². The molecule has 1 heterocycles. The minimum absolute atomic E-state index is 0.338. The monoisotopic (exact) mass is 240 g/mol. The molecular weight excluding hydrogens is 208 g/mol. The Morgan fingerprint density at radius 2 is 2.06 bits per heavy atom. The van der Waals surface area contributed by atoms with Gasteiger partial charge in [0.1, 0.15) is 0 Å². The van der Waals surface area contributed by atoms with Crippen molar-refractivity contribution in [3.05, 3.63) is 0 Å². The van der Waals surface area contributed by atoms with Gasteiger partial charge < -0.3 is 5.32 Å². The Balaban J connectivity index is 2.30. The van der Waals surface area contributed by atoms with Crippen LogP contribution in [-0.4, -0.2) is 36.1 Å². The zero-order valence-electron chi connectivity index (χ0n) is 12.6. The Morgan fingerprint density at radius 1 is 1.35 bits per heavy atom. The zero-order chi connectivity index (χ0) is 12.9. The third kappa shape index (κ3) is 4.97. The fraction of sp³-hybridized carbons (Fsp3) is 1.00. The lowest BCUT2D eigenvalue weighted by Crippen LogP contribution is -2.61. The number of unbranched alkanes of at least 4 members (excludes halogenated alkanes) is 1. The molecule has 2 atom stereocenters. The van der Waals surface area contributed by atoms with E-state index in [1.165, 1.54) is 38.8 Å². The molecule has 2 unspecified atom stereocenters. The van der Waals surface area contributed by atoms with Crippen LogP contribution in [0.4, 0.5) is 0 Å². The second kappa shape index (κ2) is 6.75. The third-order valence-corrected chi connectivity index (χ3v) is 4.26. The van der Waals surface area contributed by atoms with Crippen LogP contribution in [0.2, 0.25) is 0 Å². The maximum atomic E-state index is 3.69. The molecule has 0 aromatic heterocycles. The molecule has 0 bridgehead atoms. The predicted octanol–water partition coefficient (Wildman–Crippen LogP) is 3.28. The van der Waals surface area contributed by atoms with Gasteiger partial charge in [-0.15, -0.1) is 0 Å². The first-order valence-electron chi connectivity index (χ1n) is 7.46. The lowest BCUT2D eigenvalue weighted by molar-refractivity contribution is 0.0912. The standard InChI is InChI=1S/C15H32N2/c1-6-15(5)12-17(14(4)11-16-15)10-8-7-9-13(2)3/h13-14,16H,6-12H2,1-5H3. The maximum Gasteiger partial charge on any atom is 0.0278 e. The van der Waals surface area contributed by atoms with E-state index in [0.29, 0.717) is 11.6 Å². The molecule has 0 radical (unpaired) electrons. The molecule has 2 heteroatoms. The zero-order valence-corrected chi connectivity index (χ0v) is 12.6. The number of hydrogen-bond donors (Lipinski definition) is 1. The number of nitrogens with one attached hydrogen (secondary N) is 1. The highest BCUT2D eigenvalue weighted by molar-refractivity contribution is 4.92. The molecule has 0 amide bonds. The molecule has 0 aromatic carbocycles. The van der Waals surface area contributed by atoms with E-state index in [1.54, 1.807) is 0 Å².